The minimum absolute atomic E-state index is 0.174. The number of anilines is 1. The van der Waals surface area contributed by atoms with E-state index in [0.29, 0.717) is 6.04 Å². The summed E-state index contributed by atoms with van der Waals surface area (Å²) in [5.41, 5.74) is 1.76. The van der Waals surface area contributed by atoms with Gasteiger partial charge in [0.05, 0.1) is 5.56 Å². The monoisotopic (exact) mass is 287 g/mol. The molecule has 1 amide bonds. The number of nitrogens with one attached hydrogen (secondary N) is 1. The van der Waals surface area contributed by atoms with Crippen LogP contribution in [0.15, 0.2) is 24.3 Å². The van der Waals surface area contributed by atoms with E-state index in [4.69, 9.17) is 0 Å². The highest BCUT2D eigenvalue weighted by Gasteiger charge is 2.32. The summed E-state index contributed by atoms with van der Waals surface area (Å²) >= 11 is 0. The van der Waals surface area contributed by atoms with Crippen LogP contribution in [0.3, 0.4) is 0 Å². The Labute approximate surface area is 127 Å². The highest BCUT2D eigenvalue weighted by Crippen LogP contribution is 2.24. The van der Waals surface area contributed by atoms with Crippen molar-refractivity contribution in [2.24, 2.45) is 0 Å². The Morgan fingerprint density at radius 2 is 2.00 bits per heavy atom. The smallest absolute Gasteiger partial charge is 0.256 e. The molecule has 2 heterocycles. The predicted octanol–water partition coefficient (Wildman–Crippen LogP) is 2.43. The number of benzene rings is 1. The van der Waals surface area contributed by atoms with Crippen LogP contribution in [0, 0.1) is 0 Å². The highest BCUT2D eigenvalue weighted by atomic mass is 16.2. The molecule has 2 aliphatic heterocycles. The van der Waals surface area contributed by atoms with Gasteiger partial charge in [-0.3, -0.25) is 9.69 Å². The minimum Gasteiger partial charge on any atom is -0.385 e. The van der Waals surface area contributed by atoms with Crippen LogP contribution in [0.25, 0.3) is 0 Å². The number of hydrogen-bond acceptors (Lipinski definition) is 3. The first-order valence-electron chi connectivity index (χ1n) is 8.16. The third-order valence-corrected chi connectivity index (χ3v) is 4.63. The molecule has 0 saturated carbocycles. The molecule has 1 aromatic rings. The quantitative estimate of drug-likeness (QED) is 0.924. The molecule has 3 rings (SSSR count). The van der Waals surface area contributed by atoms with Crippen molar-refractivity contribution in [3.8, 4) is 0 Å². The Bertz CT molecular complexity index is 497. The Morgan fingerprint density at radius 3 is 2.76 bits per heavy atom. The Balaban J connectivity index is 1.68. The molecule has 114 valence electrons. The van der Waals surface area contributed by atoms with Gasteiger partial charge in [0.2, 0.25) is 0 Å². The zero-order valence-electron chi connectivity index (χ0n) is 12.8. The number of rotatable bonds is 4. The highest BCUT2D eigenvalue weighted by molar-refractivity contribution is 5.99. The number of para-hydroxylation sites is 1. The fraction of sp³-hybridized carbons (Fsp3) is 0.588. The van der Waals surface area contributed by atoms with Crippen molar-refractivity contribution >= 4 is 11.6 Å². The van der Waals surface area contributed by atoms with E-state index in [0.717, 1.165) is 37.3 Å². The molecule has 2 aliphatic rings. The molecular weight excluding hydrogens is 262 g/mol. The van der Waals surface area contributed by atoms with Crippen LogP contribution in [0.2, 0.25) is 0 Å². The van der Waals surface area contributed by atoms with Gasteiger partial charge in [-0.2, -0.15) is 0 Å². The van der Waals surface area contributed by atoms with Crippen LogP contribution in [0.5, 0.6) is 0 Å². The Hall–Kier alpha value is -1.55. The van der Waals surface area contributed by atoms with Gasteiger partial charge < -0.3 is 10.2 Å². The van der Waals surface area contributed by atoms with Gasteiger partial charge in [-0.25, -0.2) is 0 Å². The second kappa shape index (κ2) is 6.48. The predicted molar refractivity (Wildman–Crippen MR) is 85.7 cm³/mol. The van der Waals surface area contributed by atoms with E-state index in [2.05, 4.69) is 17.1 Å². The first-order valence-corrected chi connectivity index (χ1v) is 8.16. The molecule has 0 bridgehead atoms. The van der Waals surface area contributed by atoms with Crippen LogP contribution in [0.1, 0.15) is 36.5 Å². The molecule has 2 saturated heterocycles. The minimum atomic E-state index is 0.174. The molecule has 4 heteroatoms. The molecule has 1 aromatic carbocycles. The van der Waals surface area contributed by atoms with Crippen LogP contribution in [-0.2, 0) is 0 Å². The van der Waals surface area contributed by atoms with E-state index in [9.17, 15) is 4.79 Å². The zero-order chi connectivity index (χ0) is 14.7. The zero-order valence-corrected chi connectivity index (χ0v) is 12.8. The Kier molecular flexibility index (Phi) is 4.44. The lowest BCUT2D eigenvalue weighted by Gasteiger charge is -2.24. The standard InChI is InChI=1S/C17H25N3O/c1-2-18-16-8-4-3-7-15(16)17(21)20-12-9-14(13-20)19-10-5-6-11-19/h3-4,7-8,14,18H,2,5-6,9-13H2,1H3. The summed E-state index contributed by atoms with van der Waals surface area (Å²) in [4.78, 5) is 17.4. The maximum Gasteiger partial charge on any atom is 0.256 e. The summed E-state index contributed by atoms with van der Waals surface area (Å²) in [7, 11) is 0. The van der Waals surface area contributed by atoms with Gasteiger partial charge in [0.15, 0.2) is 0 Å². The van der Waals surface area contributed by atoms with E-state index in [1.807, 2.05) is 29.2 Å². The van der Waals surface area contributed by atoms with Gasteiger partial charge in [0, 0.05) is 31.4 Å². The van der Waals surface area contributed by atoms with E-state index < -0.39 is 0 Å². The molecular formula is C17H25N3O. The summed E-state index contributed by atoms with van der Waals surface area (Å²) in [5, 5.41) is 3.29. The van der Waals surface area contributed by atoms with Crippen molar-refractivity contribution in [2.75, 3.05) is 38.0 Å². The number of likely N-dealkylation sites (tertiary alicyclic amines) is 2. The van der Waals surface area contributed by atoms with Crippen molar-refractivity contribution in [3.05, 3.63) is 29.8 Å². The number of amides is 1. The summed E-state index contributed by atoms with van der Waals surface area (Å²) in [6, 6.07) is 8.42. The molecule has 21 heavy (non-hydrogen) atoms. The molecule has 0 aromatic heterocycles. The van der Waals surface area contributed by atoms with Crippen molar-refractivity contribution in [1.82, 2.24) is 9.80 Å². The van der Waals surface area contributed by atoms with Gasteiger partial charge in [-0.05, 0) is 51.4 Å². The lowest BCUT2D eigenvalue weighted by atomic mass is 10.1. The summed E-state index contributed by atoms with van der Waals surface area (Å²) in [6.45, 7) is 7.09. The summed E-state index contributed by atoms with van der Waals surface area (Å²) < 4.78 is 0. The molecule has 1 N–H and O–H groups in total. The second-order valence-electron chi connectivity index (χ2n) is 6.01. The van der Waals surface area contributed by atoms with E-state index in [1.54, 1.807) is 0 Å². The largest absolute Gasteiger partial charge is 0.385 e. The second-order valence-corrected chi connectivity index (χ2v) is 6.01. The molecule has 0 radical (unpaired) electrons. The maximum absolute atomic E-state index is 12.8. The van der Waals surface area contributed by atoms with Gasteiger partial charge in [0.1, 0.15) is 0 Å². The normalized spacial score (nSPS) is 22.7. The summed E-state index contributed by atoms with van der Waals surface area (Å²) in [5.74, 6) is 0.174. The number of carbonyl (C=O) groups is 1. The Morgan fingerprint density at radius 1 is 1.24 bits per heavy atom. The van der Waals surface area contributed by atoms with Crippen LogP contribution < -0.4 is 5.32 Å². The van der Waals surface area contributed by atoms with Crippen molar-refractivity contribution in [3.63, 3.8) is 0 Å². The number of carbonyl (C=O) groups excluding carboxylic acids is 1. The molecule has 1 atom stereocenters. The average Bonchev–Trinajstić information content (AvgIpc) is 3.18. The van der Waals surface area contributed by atoms with Crippen LogP contribution in [0.4, 0.5) is 5.69 Å². The van der Waals surface area contributed by atoms with Gasteiger partial charge in [0.25, 0.3) is 5.91 Å². The van der Waals surface area contributed by atoms with E-state index in [1.165, 1.54) is 25.9 Å². The van der Waals surface area contributed by atoms with E-state index >= 15 is 0 Å². The molecule has 0 aliphatic carbocycles. The van der Waals surface area contributed by atoms with Crippen LogP contribution in [-0.4, -0.2) is 54.5 Å². The van der Waals surface area contributed by atoms with Crippen molar-refractivity contribution < 1.29 is 4.79 Å². The van der Waals surface area contributed by atoms with E-state index in [-0.39, 0.29) is 5.91 Å². The van der Waals surface area contributed by atoms with Crippen molar-refractivity contribution in [2.45, 2.75) is 32.2 Å². The fourth-order valence-corrected chi connectivity index (χ4v) is 3.52. The van der Waals surface area contributed by atoms with Crippen molar-refractivity contribution in [1.29, 1.82) is 0 Å². The molecule has 1 unspecified atom stereocenters. The molecule has 2 fully saturated rings. The number of hydrogen-bond donors (Lipinski definition) is 1. The number of nitrogens with zero attached hydrogens (tertiary/aromatic N) is 2. The fourth-order valence-electron chi connectivity index (χ4n) is 3.52. The third kappa shape index (κ3) is 3.05. The summed E-state index contributed by atoms with van der Waals surface area (Å²) in [6.07, 6.45) is 3.75. The van der Waals surface area contributed by atoms with Gasteiger partial charge >= 0.3 is 0 Å². The van der Waals surface area contributed by atoms with Crippen LogP contribution >= 0.6 is 0 Å². The molecule has 0 spiro atoms. The SMILES string of the molecule is CCNc1ccccc1C(=O)N1CCC(N2CCCC2)C1. The lowest BCUT2D eigenvalue weighted by molar-refractivity contribution is 0.0781. The van der Waals surface area contributed by atoms with Gasteiger partial charge in [-0.1, -0.05) is 12.1 Å². The topological polar surface area (TPSA) is 35.6 Å². The molecule has 4 nitrogen and oxygen atoms in total. The first-order chi connectivity index (χ1) is 10.3. The van der Waals surface area contributed by atoms with Gasteiger partial charge in [-0.15, -0.1) is 0 Å². The first kappa shape index (κ1) is 14.4. The average molecular weight is 287 g/mol. The maximum atomic E-state index is 12.8. The lowest BCUT2D eigenvalue weighted by Crippen LogP contribution is -2.37. The third-order valence-electron chi connectivity index (χ3n) is 4.63.